The minimum absolute atomic E-state index is 0.0944. The molecule has 150 valence electrons. The van der Waals surface area contributed by atoms with Crippen molar-refractivity contribution in [1.82, 2.24) is 19.7 Å². The topological polar surface area (TPSA) is 80.6 Å². The molecular weight excluding hydrogens is 382 g/mol. The summed E-state index contributed by atoms with van der Waals surface area (Å²) in [6, 6.07) is 3.53. The number of nitrogens with zero attached hydrogens (tertiary/aromatic N) is 5. The summed E-state index contributed by atoms with van der Waals surface area (Å²) < 4.78 is 6.50. The van der Waals surface area contributed by atoms with E-state index in [1.54, 1.807) is 27.0 Å². The monoisotopic (exact) mass is 405 g/mol. The SMILES string of the molecule is CCOC(=O)c1ccc(N2CCCN(C(=O)c3c(C)nn(C)c3Cl)CC2)nc1. The van der Waals surface area contributed by atoms with E-state index >= 15 is 0 Å². The zero-order valence-electron chi connectivity index (χ0n) is 16.3. The highest BCUT2D eigenvalue weighted by Gasteiger charge is 2.26. The normalized spacial score (nSPS) is 14.7. The van der Waals surface area contributed by atoms with Gasteiger partial charge in [-0.25, -0.2) is 9.78 Å². The number of rotatable bonds is 4. The number of carbonyl (C=O) groups excluding carboxylic acids is 2. The largest absolute Gasteiger partial charge is 0.462 e. The van der Waals surface area contributed by atoms with Crippen molar-refractivity contribution in [2.75, 3.05) is 37.7 Å². The van der Waals surface area contributed by atoms with Gasteiger partial charge < -0.3 is 14.5 Å². The minimum Gasteiger partial charge on any atom is -0.462 e. The van der Waals surface area contributed by atoms with Crippen LogP contribution in [0.15, 0.2) is 18.3 Å². The highest BCUT2D eigenvalue weighted by Crippen LogP contribution is 2.22. The van der Waals surface area contributed by atoms with E-state index in [-0.39, 0.29) is 11.9 Å². The maximum atomic E-state index is 12.9. The molecule has 3 heterocycles. The van der Waals surface area contributed by atoms with Crippen molar-refractivity contribution in [3.05, 3.63) is 40.3 Å². The van der Waals surface area contributed by atoms with Gasteiger partial charge in [0.05, 0.1) is 23.4 Å². The highest BCUT2D eigenvalue weighted by atomic mass is 35.5. The van der Waals surface area contributed by atoms with Gasteiger partial charge in [0.1, 0.15) is 11.0 Å². The standard InChI is InChI=1S/C19H24ClN5O3/c1-4-28-19(27)14-6-7-15(21-12-14)24-8-5-9-25(11-10-24)18(26)16-13(2)22-23(3)17(16)20/h6-7,12H,4-5,8-11H2,1-3H3. The summed E-state index contributed by atoms with van der Waals surface area (Å²) in [5.41, 5.74) is 1.53. The van der Waals surface area contributed by atoms with Gasteiger partial charge in [0.2, 0.25) is 0 Å². The lowest BCUT2D eigenvalue weighted by atomic mass is 10.2. The fraction of sp³-hybridized carbons (Fsp3) is 0.474. The van der Waals surface area contributed by atoms with Crippen molar-refractivity contribution in [3.63, 3.8) is 0 Å². The molecule has 1 saturated heterocycles. The summed E-state index contributed by atoms with van der Waals surface area (Å²) in [6.07, 6.45) is 2.34. The van der Waals surface area contributed by atoms with Crippen LogP contribution >= 0.6 is 11.6 Å². The van der Waals surface area contributed by atoms with E-state index in [9.17, 15) is 9.59 Å². The summed E-state index contributed by atoms with van der Waals surface area (Å²) >= 11 is 6.25. The first-order valence-electron chi connectivity index (χ1n) is 9.28. The van der Waals surface area contributed by atoms with E-state index in [2.05, 4.69) is 15.0 Å². The van der Waals surface area contributed by atoms with Gasteiger partial charge in [-0.3, -0.25) is 9.48 Å². The van der Waals surface area contributed by atoms with E-state index < -0.39 is 0 Å². The van der Waals surface area contributed by atoms with Crippen molar-refractivity contribution >= 4 is 29.3 Å². The number of esters is 1. The number of aryl methyl sites for hydroxylation is 2. The van der Waals surface area contributed by atoms with Crippen LogP contribution in [0.2, 0.25) is 5.15 Å². The number of aromatic nitrogens is 3. The van der Waals surface area contributed by atoms with Crippen LogP contribution in [0.5, 0.6) is 0 Å². The molecule has 9 heteroatoms. The van der Waals surface area contributed by atoms with Crippen LogP contribution in [0.4, 0.5) is 5.82 Å². The van der Waals surface area contributed by atoms with E-state index in [0.29, 0.717) is 48.2 Å². The van der Waals surface area contributed by atoms with Gasteiger partial charge in [-0.1, -0.05) is 11.6 Å². The second kappa shape index (κ2) is 8.60. The van der Waals surface area contributed by atoms with Crippen LogP contribution in [0.1, 0.15) is 39.8 Å². The molecule has 0 N–H and O–H groups in total. The molecule has 0 aromatic carbocycles. The summed E-state index contributed by atoms with van der Waals surface area (Å²) in [5.74, 6) is 0.305. The van der Waals surface area contributed by atoms with Crippen LogP contribution in [0.25, 0.3) is 0 Å². The molecule has 0 radical (unpaired) electrons. The molecule has 2 aromatic rings. The average Bonchev–Trinajstić information content (AvgIpc) is 2.85. The molecule has 0 saturated carbocycles. The van der Waals surface area contributed by atoms with E-state index in [1.165, 1.54) is 10.9 Å². The lowest BCUT2D eigenvalue weighted by Gasteiger charge is -2.23. The lowest BCUT2D eigenvalue weighted by Crippen LogP contribution is -2.35. The fourth-order valence-electron chi connectivity index (χ4n) is 3.29. The predicted octanol–water partition coefficient (Wildman–Crippen LogP) is 2.31. The second-order valence-corrected chi connectivity index (χ2v) is 6.99. The van der Waals surface area contributed by atoms with Gasteiger partial charge in [-0.05, 0) is 32.4 Å². The third-order valence-corrected chi connectivity index (χ3v) is 5.17. The number of hydrogen-bond donors (Lipinski definition) is 0. The van der Waals surface area contributed by atoms with Crippen molar-refractivity contribution in [3.8, 4) is 0 Å². The summed E-state index contributed by atoms with van der Waals surface area (Å²) in [4.78, 5) is 33.0. The number of pyridine rings is 1. The van der Waals surface area contributed by atoms with E-state index in [1.807, 2.05) is 11.0 Å². The van der Waals surface area contributed by atoms with Gasteiger partial charge in [-0.2, -0.15) is 5.10 Å². The van der Waals surface area contributed by atoms with Gasteiger partial charge in [0.25, 0.3) is 5.91 Å². The van der Waals surface area contributed by atoms with Gasteiger partial charge in [-0.15, -0.1) is 0 Å². The first-order valence-corrected chi connectivity index (χ1v) is 9.66. The predicted molar refractivity (Wildman–Crippen MR) is 106 cm³/mol. The molecule has 0 spiro atoms. The number of carbonyl (C=O) groups is 2. The molecule has 1 amide bonds. The van der Waals surface area contributed by atoms with Crippen molar-refractivity contribution < 1.29 is 14.3 Å². The van der Waals surface area contributed by atoms with Crippen LogP contribution < -0.4 is 4.90 Å². The third-order valence-electron chi connectivity index (χ3n) is 4.73. The lowest BCUT2D eigenvalue weighted by molar-refractivity contribution is 0.0525. The van der Waals surface area contributed by atoms with Crippen molar-refractivity contribution in [2.24, 2.45) is 7.05 Å². The molecular formula is C19H24ClN5O3. The molecule has 0 unspecified atom stereocenters. The summed E-state index contributed by atoms with van der Waals surface area (Å²) in [6.45, 7) is 6.51. The zero-order chi connectivity index (χ0) is 20.3. The van der Waals surface area contributed by atoms with Crippen molar-refractivity contribution in [1.29, 1.82) is 0 Å². The maximum Gasteiger partial charge on any atom is 0.339 e. The Morgan fingerprint density at radius 3 is 2.61 bits per heavy atom. The quantitative estimate of drug-likeness (QED) is 0.726. The Balaban J connectivity index is 1.68. The smallest absolute Gasteiger partial charge is 0.339 e. The van der Waals surface area contributed by atoms with Crippen LogP contribution in [-0.4, -0.2) is 64.3 Å². The van der Waals surface area contributed by atoms with Crippen LogP contribution in [0.3, 0.4) is 0 Å². The molecule has 0 atom stereocenters. The zero-order valence-corrected chi connectivity index (χ0v) is 17.1. The molecule has 2 aromatic heterocycles. The molecule has 3 rings (SSSR count). The Hall–Kier alpha value is -2.61. The Labute approximate surface area is 169 Å². The maximum absolute atomic E-state index is 12.9. The molecule has 1 aliphatic rings. The number of ether oxygens (including phenoxy) is 1. The fourth-order valence-corrected chi connectivity index (χ4v) is 3.54. The first-order chi connectivity index (χ1) is 13.4. The van der Waals surface area contributed by atoms with Crippen LogP contribution in [0, 0.1) is 6.92 Å². The van der Waals surface area contributed by atoms with Gasteiger partial charge in [0.15, 0.2) is 0 Å². The highest BCUT2D eigenvalue weighted by molar-refractivity contribution is 6.33. The van der Waals surface area contributed by atoms with E-state index in [4.69, 9.17) is 16.3 Å². The molecule has 1 aliphatic heterocycles. The molecule has 0 aliphatic carbocycles. The number of amides is 1. The van der Waals surface area contributed by atoms with E-state index in [0.717, 1.165) is 18.8 Å². The Morgan fingerprint density at radius 1 is 1.21 bits per heavy atom. The van der Waals surface area contributed by atoms with Crippen molar-refractivity contribution in [2.45, 2.75) is 20.3 Å². The summed E-state index contributed by atoms with van der Waals surface area (Å²) in [7, 11) is 1.72. The Bertz CT molecular complexity index is 865. The summed E-state index contributed by atoms with van der Waals surface area (Å²) in [5, 5.41) is 4.59. The van der Waals surface area contributed by atoms with Gasteiger partial charge in [0, 0.05) is 39.4 Å². The first kappa shape index (κ1) is 20.1. The molecule has 0 bridgehead atoms. The minimum atomic E-state index is -0.377. The Morgan fingerprint density at radius 2 is 2.00 bits per heavy atom. The third kappa shape index (κ3) is 4.11. The number of anilines is 1. The molecule has 28 heavy (non-hydrogen) atoms. The molecule has 8 nitrogen and oxygen atoms in total. The second-order valence-electron chi connectivity index (χ2n) is 6.63. The average molecular weight is 406 g/mol. The Kier molecular flexibility index (Phi) is 6.18. The number of hydrogen-bond acceptors (Lipinski definition) is 6. The van der Waals surface area contributed by atoms with Gasteiger partial charge >= 0.3 is 5.97 Å². The molecule has 1 fully saturated rings. The number of halogens is 1. The van der Waals surface area contributed by atoms with Crippen LogP contribution in [-0.2, 0) is 11.8 Å².